The Morgan fingerprint density at radius 1 is 1.31 bits per heavy atom. The van der Waals surface area contributed by atoms with Gasteiger partial charge in [-0.2, -0.15) is 0 Å². The van der Waals surface area contributed by atoms with Crippen molar-refractivity contribution in [2.75, 3.05) is 0 Å². The van der Waals surface area contributed by atoms with Gasteiger partial charge in [-0.3, -0.25) is 0 Å². The van der Waals surface area contributed by atoms with Crippen LogP contribution >= 0.6 is 27.5 Å². The predicted molar refractivity (Wildman–Crippen MR) is 53.2 cm³/mol. The Balaban J connectivity index is 3.56. The van der Waals surface area contributed by atoms with Crippen LogP contribution in [0, 0.1) is 18.6 Å². The summed E-state index contributed by atoms with van der Waals surface area (Å²) in [5.74, 6) is -1.36. The smallest absolute Gasteiger partial charge is 0.149 e. The van der Waals surface area contributed by atoms with Gasteiger partial charge in [0.25, 0.3) is 0 Å². The van der Waals surface area contributed by atoms with E-state index >= 15 is 0 Å². The van der Waals surface area contributed by atoms with Crippen molar-refractivity contribution in [3.8, 4) is 0 Å². The molecule has 0 atom stereocenters. The molecule has 0 aliphatic carbocycles. The van der Waals surface area contributed by atoms with E-state index in [9.17, 15) is 8.78 Å². The summed E-state index contributed by atoms with van der Waals surface area (Å²) < 4.78 is 26.9. The van der Waals surface area contributed by atoms with Gasteiger partial charge < -0.3 is 0 Å². The fourth-order valence-electron chi connectivity index (χ4n) is 1.12. The predicted octanol–water partition coefficient (Wildman–Crippen LogP) is 4.25. The summed E-state index contributed by atoms with van der Waals surface area (Å²) in [5.41, 5.74) is 0.771. The molecule has 1 rings (SSSR count). The van der Waals surface area contributed by atoms with Gasteiger partial charge in [0.15, 0.2) is 0 Å². The highest BCUT2D eigenvalue weighted by Gasteiger charge is 2.18. The third kappa shape index (κ3) is 1.72. The summed E-state index contributed by atoms with van der Waals surface area (Å²) in [6.45, 7) is 3.35. The monoisotopic (exact) mass is 268 g/mol. The number of benzene rings is 1. The summed E-state index contributed by atoms with van der Waals surface area (Å²) in [5, 5.41) is -0.419. The van der Waals surface area contributed by atoms with Crippen LogP contribution in [0.15, 0.2) is 4.47 Å². The van der Waals surface area contributed by atoms with E-state index in [0.29, 0.717) is 22.0 Å². The van der Waals surface area contributed by atoms with Crippen LogP contribution in [-0.4, -0.2) is 0 Å². The SMILES string of the molecule is CCc1c(F)c(Cl)c(F)c(C)c1Br. The van der Waals surface area contributed by atoms with E-state index in [-0.39, 0.29) is 0 Å². The van der Waals surface area contributed by atoms with Gasteiger partial charge in [0.05, 0.1) is 0 Å². The van der Waals surface area contributed by atoms with Crippen molar-refractivity contribution >= 4 is 27.5 Å². The maximum atomic E-state index is 13.3. The van der Waals surface area contributed by atoms with E-state index in [1.807, 2.05) is 0 Å². The third-order valence-electron chi connectivity index (χ3n) is 1.93. The number of halogens is 4. The van der Waals surface area contributed by atoms with Gasteiger partial charge in [0, 0.05) is 15.6 Å². The summed E-state index contributed by atoms with van der Waals surface area (Å²) in [4.78, 5) is 0. The van der Waals surface area contributed by atoms with Crippen molar-refractivity contribution < 1.29 is 8.78 Å². The molecular weight excluding hydrogens is 261 g/mol. The van der Waals surface area contributed by atoms with E-state index in [0.717, 1.165) is 0 Å². The molecule has 72 valence electrons. The van der Waals surface area contributed by atoms with Crippen molar-refractivity contribution in [3.63, 3.8) is 0 Å². The second kappa shape index (κ2) is 3.93. The molecule has 0 radical (unpaired) electrons. The molecule has 0 saturated heterocycles. The topological polar surface area (TPSA) is 0 Å². The molecule has 0 aliphatic heterocycles. The van der Waals surface area contributed by atoms with E-state index in [1.54, 1.807) is 13.8 Å². The van der Waals surface area contributed by atoms with E-state index in [1.165, 1.54) is 0 Å². The minimum Gasteiger partial charge on any atom is -0.205 e. The van der Waals surface area contributed by atoms with Crippen LogP contribution in [-0.2, 0) is 6.42 Å². The van der Waals surface area contributed by atoms with Crippen LogP contribution in [0.25, 0.3) is 0 Å². The van der Waals surface area contributed by atoms with Crippen LogP contribution in [0.1, 0.15) is 18.1 Å². The lowest BCUT2D eigenvalue weighted by molar-refractivity contribution is 0.566. The average Bonchev–Trinajstić information content (AvgIpc) is 2.13. The molecule has 0 unspecified atom stereocenters. The molecule has 0 aromatic heterocycles. The lowest BCUT2D eigenvalue weighted by atomic mass is 10.1. The molecule has 0 heterocycles. The van der Waals surface area contributed by atoms with E-state index in [2.05, 4.69) is 15.9 Å². The lowest BCUT2D eigenvalue weighted by Gasteiger charge is -2.09. The minimum atomic E-state index is -0.691. The van der Waals surface area contributed by atoms with Crippen LogP contribution in [0.3, 0.4) is 0 Å². The molecule has 0 fully saturated rings. The number of hydrogen-bond acceptors (Lipinski definition) is 0. The third-order valence-corrected chi connectivity index (χ3v) is 3.33. The summed E-state index contributed by atoms with van der Waals surface area (Å²) in [7, 11) is 0. The molecule has 0 bridgehead atoms. The molecule has 13 heavy (non-hydrogen) atoms. The largest absolute Gasteiger partial charge is 0.205 e. The van der Waals surface area contributed by atoms with Crippen LogP contribution in [0.2, 0.25) is 5.02 Å². The zero-order valence-electron chi connectivity index (χ0n) is 7.22. The normalized spacial score (nSPS) is 10.6. The van der Waals surface area contributed by atoms with E-state index < -0.39 is 16.7 Å². The molecule has 0 saturated carbocycles. The molecule has 0 N–H and O–H groups in total. The Morgan fingerprint density at radius 2 is 1.85 bits per heavy atom. The zero-order valence-corrected chi connectivity index (χ0v) is 9.56. The Labute approximate surface area is 89.0 Å². The number of rotatable bonds is 1. The van der Waals surface area contributed by atoms with Crippen molar-refractivity contribution in [2.24, 2.45) is 0 Å². The van der Waals surface area contributed by atoms with Crippen molar-refractivity contribution in [1.82, 2.24) is 0 Å². The molecule has 0 spiro atoms. The first-order chi connectivity index (χ1) is 6.00. The van der Waals surface area contributed by atoms with Crippen molar-refractivity contribution in [3.05, 3.63) is 32.3 Å². The quantitative estimate of drug-likeness (QED) is 0.528. The average molecular weight is 270 g/mol. The molecular formula is C9H8BrClF2. The molecule has 0 amide bonds. The molecule has 1 aromatic carbocycles. The van der Waals surface area contributed by atoms with Crippen LogP contribution in [0.5, 0.6) is 0 Å². The van der Waals surface area contributed by atoms with Gasteiger partial charge in [0.1, 0.15) is 16.7 Å². The Morgan fingerprint density at radius 3 is 2.31 bits per heavy atom. The van der Waals surface area contributed by atoms with Gasteiger partial charge in [-0.15, -0.1) is 0 Å². The second-order valence-electron chi connectivity index (χ2n) is 2.71. The maximum absolute atomic E-state index is 13.3. The zero-order chi connectivity index (χ0) is 10.2. The molecule has 0 aliphatic rings. The Bertz CT molecular complexity index is 321. The van der Waals surface area contributed by atoms with Gasteiger partial charge in [-0.05, 0) is 13.3 Å². The summed E-state index contributed by atoms with van der Waals surface area (Å²) in [6.07, 6.45) is 0.479. The Hall–Kier alpha value is -0.150. The lowest BCUT2D eigenvalue weighted by Crippen LogP contribution is -1.98. The van der Waals surface area contributed by atoms with Crippen molar-refractivity contribution in [2.45, 2.75) is 20.3 Å². The summed E-state index contributed by atoms with van der Waals surface area (Å²) in [6, 6.07) is 0. The van der Waals surface area contributed by atoms with Gasteiger partial charge in [-0.1, -0.05) is 34.5 Å². The van der Waals surface area contributed by atoms with Crippen molar-refractivity contribution in [1.29, 1.82) is 0 Å². The highest BCUT2D eigenvalue weighted by Crippen LogP contribution is 2.32. The van der Waals surface area contributed by atoms with Gasteiger partial charge in [0.2, 0.25) is 0 Å². The summed E-state index contributed by atoms with van der Waals surface area (Å²) >= 11 is 8.61. The highest BCUT2D eigenvalue weighted by atomic mass is 79.9. The molecule has 1 aromatic rings. The second-order valence-corrected chi connectivity index (χ2v) is 3.88. The van der Waals surface area contributed by atoms with Gasteiger partial charge in [-0.25, -0.2) is 8.78 Å². The van der Waals surface area contributed by atoms with E-state index in [4.69, 9.17) is 11.6 Å². The fourth-order valence-corrected chi connectivity index (χ4v) is 2.01. The first-order valence-electron chi connectivity index (χ1n) is 3.82. The minimum absolute atomic E-state index is 0.350. The molecule has 0 nitrogen and oxygen atoms in total. The molecule has 4 heteroatoms. The first-order valence-corrected chi connectivity index (χ1v) is 4.99. The van der Waals surface area contributed by atoms with Crippen LogP contribution in [0.4, 0.5) is 8.78 Å². The standard InChI is InChI=1S/C9H8BrClF2/c1-3-5-6(10)4(2)8(12)7(11)9(5)13/h3H2,1-2H3. The number of hydrogen-bond donors (Lipinski definition) is 0. The highest BCUT2D eigenvalue weighted by molar-refractivity contribution is 9.10. The van der Waals surface area contributed by atoms with Gasteiger partial charge >= 0.3 is 0 Å². The fraction of sp³-hybridized carbons (Fsp3) is 0.333. The maximum Gasteiger partial charge on any atom is 0.149 e. The van der Waals surface area contributed by atoms with Crippen LogP contribution < -0.4 is 0 Å². The first kappa shape index (κ1) is 10.9. The Kier molecular flexibility index (Phi) is 3.30.